The van der Waals surface area contributed by atoms with Crippen molar-refractivity contribution >= 4 is 17.9 Å². The predicted octanol–water partition coefficient (Wildman–Crippen LogP) is 1.75. The van der Waals surface area contributed by atoms with E-state index in [1.807, 2.05) is 6.92 Å². The Labute approximate surface area is 133 Å². The van der Waals surface area contributed by atoms with Gasteiger partial charge in [-0.25, -0.2) is 9.59 Å². The van der Waals surface area contributed by atoms with E-state index in [1.54, 1.807) is 19.1 Å². The summed E-state index contributed by atoms with van der Waals surface area (Å²) in [6.07, 6.45) is 2.80. The maximum atomic E-state index is 12.0. The van der Waals surface area contributed by atoms with Crippen LogP contribution in [0.15, 0.2) is 34.4 Å². The van der Waals surface area contributed by atoms with Gasteiger partial charge in [-0.2, -0.15) is 0 Å². The van der Waals surface area contributed by atoms with Crippen molar-refractivity contribution in [3.8, 4) is 0 Å². The average molecular weight is 318 g/mol. The minimum absolute atomic E-state index is 0.393. The first-order chi connectivity index (χ1) is 10.9. The van der Waals surface area contributed by atoms with Crippen molar-refractivity contribution in [3.63, 3.8) is 0 Å². The van der Waals surface area contributed by atoms with Crippen LogP contribution in [0, 0.1) is 0 Å². The van der Waals surface area contributed by atoms with Gasteiger partial charge in [0.15, 0.2) is 0 Å². The second-order valence-corrected chi connectivity index (χ2v) is 5.97. The van der Waals surface area contributed by atoms with E-state index < -0.39 is 36.2 Å². The summed E-state index contributed by atoms with van der Waals surface area (Å²) in [6, 6.07) is 0. The highest BCUT2D eigenvalue weighted by Crippen LogP contribution is 2.35. The molecule has 0 saturated carbocycles. The Hall–Kier alpha value is -2.37. The Morgan fingerprint density at radius 3 is 2.48 bits per heavy atom. The number of carbonyl (C=O) groups is 3. The molecule has 3 unspecified atom stereocenters. The molecule has 0 aromatic carbocycles. The normalized spacial score (nSPS) is 30.1. The van der Waals surface area contributed by atoms with E-state index in [4.69, 9.17) is 14.2 Å². The van der Waals surface area contributed by atoms with Crippen LogP contribution in [0.25, 0.3) is 0 Å². The van der Waals surface area contributed by atoms with Gasteiger partial charge < -0.3 is 14.2 Å². The highest BCUT2D eigenvalue weighted by Gasteiger charge is 2.40. The number of rotatable bonds is 1. The van der Waals surface area contributed by atoms with E-state index in [9.17, 15) is 14.4 Å². The van der Waals surface area contributed by atoms with Crippen molar-refractivity contribution in [2.45, 2.75) is 51.9 Å². The molecular weight excluding hydrogens is 300 g/mol. The summed E-state index contributed by atoms with van der Waals surface area (Å²) in [4.78, 5) is 35.2. The lowest BCUT2D eigenvalue weighted by molar-refractivity contribution is -0.145. The molecule has 0 amide bonds. The molecule has 6 heteroatoms. The zero-order valence-electron chi connectivity index (χ0n) is 13.3. The van der Waals surface area contributed by atoms with E-state index in [0.29, 0.717) is 29.6 Å². The van der Waals surface area contributed by atoms with Crippen LogP contribution < -0.4 is 0 Å². The second kappa shape index (κ2) is 5.68. The largest absolute Gasteiger partial charge is 0.458 e. The van der Waals surface area contributed by atoms with Crippen molar-refractivity contribution in [1.29, 1.82) is 0 Å². The van der Waals surface area contributed by atoms with E-state index >= 15 is 0 Å². The molecule has 0 fully saturated rings. The molecule has 0 radical (unpaired) electrons. The zero-order chi connectivity index (χ0) is 16.7. The predicted molar refractivity (Wildman–Crippen MR) is 79.1 cm³/mol. The van der Waals surface area contributed by atoms with E-state index in [2.05, 4.69) is 0 Å². The van der Waals surface area contributed by atoms with Gasteiger partial charge >= 0.3 is 17.9 Å². The van der Waals surface area contributed by atoms with Crippen molar-refractivity contribution < 1.29 is 28.6 Å². The topological polar surface area (TPSA) is 78.9 Å². The van der Waals surface area contributed by atoms with Crippen molar-refractivity contribution in [1.82, 2.24) is 0 Å². The van der Waals surface area contributed by atoms with Crippen LogP contribution in [0.2, 0.25) is 0 Å². The van der Waals surface area contributed by atoms with E-state index in [1.165, 1.54) is 6.92 Å². The lowest BCUT2D eigenvalue weighted by Gasteiger charge is -2.21. The molecule has 122 valence electrons. The highest BCUT2D eigenvalue weighted by atomic mass is 16.6. The number of hydrogen-bond acceptors (Lipinski definition) is 6. The van der Waals surface area contributed by atoms with Gasteiger partial charge in [0.25, 0.3) is 0 Å². The number of fused-ring (bicyclic) bond motifs is 3. The maximum absolute atomic E-state index is 12.0. The summed E-state index contributed by atoms with van der Waals surface area (Å²) >= 11 is 0. The molecule has 3 atom stereocenters. The number of carbonyl (C=O) groups excluding carboxylic acids is 3. The van der Waals surface area contributed by atoms with Crippen LogP contribution >= 0.6 is 0 Å². The summed E-state index contributed by atoms with van der Waals surface area (Å²) in [5, 5.41) is 0. The van der Waals surface area contributed by atoms with Gasteiger partial charge in [0.05, 0.1) is 0 Å². The van der Waals surface area contributed by atoms with Gasteiger partial charge in [-0.1, -0.05) is 0 Å². The Morgan fingerprint density at radius 1 is 1.13 bits per heavy atom. The Morgan fingerprint density at radius 2 is 1.78 bits per heavy atom. The molecule has 2 aliphatic heterocycles. The third-order valence-corrected chi connectivity index (χ3v) is 4.34. The summed E-state index contributed by atoms with van der Waals surface area (Å²) in [7, 11) is 0. The number of esters is 3. The van der Waals surface area contributed by atoms with Gasteiger partial charge in [-0.05, 0) is 44.4 Å². The van der Waals surface area contributed by atoms with E-state index in [-0.39, 0.29) is 0 Å². The molecule has 6 nitrogen and oxygen atoms in total. The fourth-order valence-corrected chi connectivity index (χ4v) is 3.12. The van der Waals surface area contributed by atoms with E-state index in [0.717, 1.165) is 5.57 Å². The van der Waals surface area contributed by atoms with Crippen LogP contribution in [0.4, 0.5) is 0 Å². The molecule has 0 N–H and O–H groups in total. The molecule has 3 rings (SSSR count). The summed E-state index contributed by atoms with van der Waals surface area (Å²) in [6.45, 7) is 4.83. The summed E-state index contributed by atoms with van der Waals surface area (Å²) < 4.78 is 16.1. The third kappa shape index (κ3) is 2.81. The quantitative estimate of drug-likeness (QED) is 0.416. The number of hydrogen-bond donors (Lipinski definition) is 0. The monoisotopic (exact) mass is 318 g/mol. The molecule has 3 aliphatic rings. The Balaban J connectivity index is 2.03. The first-order valence-corrected chi connectivity index (χ1v) is 7.55. The van der Waals surface area contributed by atoms with Crippen molar-refractivity contribution in [2.75, 3.05) is 0 Å². The third-order valence-electron chi connectivity index (χ3n) is 4.34. The van der Waals surface area contributed by atoms with Crippen LogP contribution in [-0.4, -0.2) is 36.2 Å². The minimum Gasteiger partial charge on any atom is -0.458 e. The first kappa shape index (κ1) is 15.5. The molecule has 0 spiro atoms. The maximum Gasteiger partial charge on any atom is 0.334 e. The van der Waals surface area contributed by atoms with Gasteiger partial charge in [0.2, 0.25) is 0 Å². The first-order valence-electron chi connectivity index (χ1n) is 7.55. The molecule has 2 bridgehead atoms. The molecule has 23 heavy (non-hydrogen) atoms. The standard InChI is InChI=1S/C17H18O6/c1-8-6-13-15(9(2)16(19)22-13)14-7-11(17(20)23-14)4-5-12(8)21-10(3)18/h6-7,12-14H,4-5H2,1-3H3. The van der Waals surface area contributed by atoms with Gasteiger partial charge in [0, 0.05) is 23.6 Å². The van der Waals surface area contributed by atoms with Gasteiger partial charge in [0.1, 0.15) is 18.3 Å². The fourth-order valence-electron chi connectivity index (χ4n) is 3.12. The summed E-state index contributed by atoms with van der Waals surface area (Å²) in [5.74, 6) is -1.21. The molecule has 0 aromatic heterocycles. The molecular formula is C17H18O6. The van der Waals surface area contributed by atoms with Crippen LogP contribution in [0.5, 0.6) is 0 Å². The van der Waals surface area contributed by atoms with Crippen LogP contribution in [0.3, 0.4) is 0 Å². The zero-order valence-corrected chi connectivity index (χ0v) is 13.3. The summed E-state index contributed by atoms with van der Waals surface area (Å²) in [5.41, 5.74) is 2.43. The van der Waals surface area contributed by atoms with Crippen molar-refractivity contribution in [2.24, 2.45) is 0 Å². The van der Waals surface area contributed by atoms with Crippen molar-refractivity contribution in [3.05, 3.63) is 34.4 Å². The Kier molecular flexibility index (Phi) is 3.83. The SMILES string of the molecule is CC(=O)OC1CCC2=CC(OC2=O)C2=C(C)C(=O)OC2C=C1C. The Bertz CT molecular complexity index is 681. The van der Waals surface area contributed by atoms with Gasteiger partial charge in [-0.15, -0.1) is 0 Å². The minimum atomic E-state index is -0.605. The lowest BCUT2D eigenvalue weighted by atomic mass is 9.93. The van der Waals surface area contributed by atoms with Crippen LogP contribution in [0.1, 0.15) is 33.6 Å². The molecule has 0 aromatic rings. The second-order valence-electron chi connectivity index (χ2n) is 5.97. The average Bonchev–Trinajstić information content (AvgIpc) is 2.94. The smallest absolute Gasteiger partial charge is 0.334 e. The highest BCUT2D eigenvalue weighted by molar-refractivity contribution is 5.95. The fraction of sp³-hybridized carbons (Fsp3) is 0.471. The van der Waals surface area contributed by atoms with Crippen LogP contribution in [-0.2, 0) is 28.6 Å². The number of ether oxygens (including phenoxy) is 3. The van der Waals surface area contributed by atoms with Gasteiger partial charge in [-0.3, -0.25) is 4.79 Å². The molecule has 1 aliphatic carbocycles. The lowest BCUT2D eigenvalue weighted by Crippen LogP contribution is -2.23. The molecule has 2 heterocycles. The molecule has 0 saturated heterocycles.